The first-order valence-electron chi connectivity index (χ1n) is 8.62. The van der Waals surface area contributed by atoms with E-state index in [9.17, 15) is 9.59 Å². The Kier molecular flexibility index (Phi) is 8.47. The fourth-order valence-corrected chi connectivity index (χ4v) is 3.05. The summed E-state index contributed by atoms with van der Waals surface area (Å²) in [4.78, 5) is 24.4. The van der Waals surface area contributed by atoms with E-state index in [1.165, 1.54) is 26.0 Å². The lowest BCUT2D eigenvalue weighted by molar-refractivity contribution is -0.114. The van der Waals surface area contributed by atoms with Crippen LogP contribution in [-0.4, -0.2) is 51.8 Å². The first-order chi connectivity index (χ1) is 14.0. The third-order valence-corrected chi connectivity index (χ3v) is 4.76. The lowest BCUT2D eigenvalue weighted by atomic mass is 10.2. The number of carbonyl (C=O) groups is 2. The summed E-state index contributed by atoms with van der Waals surface area (Å²) in [6.07, 6.45) is 0. The van der Waals surface area contributed by atoms with Crippen molar-refractivity contribution >= 4 is 35.0 Å². The molecule has 0 aliphatic heterocycles. The van der Waals surface area contributed by atoms with Crippen molar-refractivity contribution in [3.63, 3.8) is 0 Å². The van der Waals surface area contributed by atoms with Gasteiger partial charge in [-0.1, -0.05) is 0 Å². The Labute approximate surface area is 173 Å². The van der Waals surface area contributed by atoms with Crippen LogP contribution in [0.15, 0.2) is 36.4 Å². The van der Waals surface area contributed by atoms with Crippen LogP contribution in [0.5, 0.6) is 23.0 Å². The van der Waals surface area contributed by atoms with Gasteiger partial charge in [-0.05, 0) is 24.3 Å². The van der Waals surface area contributed by atoms with Crippen LogP contribution >= 0.6 is 11.8 Å². The van der Waals surface area contributed by atoms with Gasteiger partial charge in [0.05, 0.1) is 51.3 Å². The number of hydrogen-bond donors (Lipinski definition) is 2. The van der Waals surface area contributed by atoms with Crippen LogP contribution in [0.3, 0.4) is 0 Å². The molecule has 0 spiro atoms. The molecular weight excluding hydrogens is 396 g/mol. The van der Waals surface area contributed by atoms with Crippen molar-refractivity contribution in [1.29, 1.82) is 0 Å². The van der Waals surface area contributed by atoms with Gasteiger partial charge < -0.3 is 29.6 Å². The monoisotopic (exact) mass is 420 g/mol. The van der Waals surface area contributed by atoms with Gasteiger partial charge in [0, 0.05) is 12.1 Å². The zero-order chi connectivity index (χ0) is 21.2. The number of methoxy groups -OCH3 is 4. The van der Waals surface area contributed by atoms with Gasteiger partial charge in [0.15, 0.2) is 0 Å². The fraction of sp³-hybridized carbons (Fsp3) is 0.300. The lowest BCUT2D eigenvalue weighted by Gasteiger charge is -2.12. The van der Waals surface area contributed by atoms with E-state index in [1.54, 1.807) is 50.6 Å². The molecule has 0 aromatic heterocycles. The highest BCUT2D eigenvalue weighted by atomic mass is 32.2. The van der Waals surface area contributed by atoms with Crippen LogP contribution in [0, 0.1) is 0 Å². The number of anilines is 2. The molecule has 0 fully saturated rings. The maximum absolute atomic E-state index is 12.2. The summed E-state index contributed by atoms with van der Waals surface area (Å²) < 4.78 is 20.8. The minimum absolute atomic E-state index is 0.100. The Morgan fingerprint density at radius 2 is 1.14 bits per heavy atom. The maximum atomic E-state index is 12.2. The summed E-state index contributed by atoms with van der Waals surface area (Å²) >= 11 is 1.19. The fourth-order valence-electron chi connectivity index (χ4n) is 2.43. The average Bonchev–Trinajstić information content (AvgIpc) is 2.73. The van der Waals surface area contributed by atoms with Gasteiger partial charge >= 0.3 is 0 Å². The standard InChI is InChI=1S/C20H24N2O6S/c1-25-13-5-7-17(27-3)15(9-13)21-19(23)11-29-12-20(24)22-16-10-14(26-2)6-8-18(16)28-4/h5-10H,11-12H2,1-4H3,(H,21,23)(H,22,24). The first-order valence-corrected chi connectivity index (χ1v) is 9.77. The highest BCUT2D eigenvalue weighted by Gasteiger charge is 2.12. The van der Waals surface area contributed by atoms with E-state index in [4.69, 9.17) is 18.9 Å². The van der Waals surface area contributed by atoms with E-state index in [2.05, 4.69) is 10.6 Å². The molecule has 0 aliphatic rings. The summed E-state index contributed by atoms with van der Waals surface area (Å²) in [7, 11) is 6.12. The van der Waals surface area contributed by atoms with Gasteiger partial charge in [-0.3, -0.25) is 9.59 Å². The second-order valence-electron chi connectivity index (χ2n) is 5.72. The van der Waals surface area contributed by atoms with Crippen molar-refractivity contribution in [2.75, 3.05) is 50.6 Å². The van der Waals surface area contributed by atoms with Crippen LogP contribution in [0.1, 0.15) is 0 Å². The SMILES string of the molecule is COc1ccc(OC)c(NC(=O)CSCC(=O)Nc2cc(OC)ccc2OC)c1. The molecule has 0 bridgehead atoms. The molecule has 2 rings (SSSR count). The van der Waals surface area contributed by atoms with E-state index in [-0.39, 0.29) is 23.3 Å². The van der Waals surface area contributed by atoms with Gasteiger partial charge in [0.2, 0.25) is 11.8 Å². The predicted molar refractivity (Wildman–Crippen MR) is 114 cm³/mol. The molecule has 2 N–H and O–H groups in total. The molecule has 2 aromatic carbocycles. The van der Waals surface area contributed by atoms with Gasteiger partial charge in [0.1, 0.15) is 23.0 Å². The average molecular weight is 420 g/mol. The number of ether oxygens (including phenoxy) is 4. The van der Waals surface area contributed by atoms with Crippen LogP contribution in [0.25, 0.3) is 0 Å². The zero-order valence-corrected chi connectivity index (χ0v) is 17.6. The summed E-state index contributed by atoms with van der Waals surface area (Å²) in [5, 5.41) is 5.52. The number of amides is 2. The molecule has 9 heteroatoms. The molecule has 2 aromatic rings. The van der Waals surface area contributed by atoms with Crippen LogP contribution in [-0.2, 0) is 9.59 Å². The summed E-state index contributed by atoms with van der Waals surface area (Å²) in [6, 6.07) is 10.2. The molecule has 29 heavy (non-hydrogen) atoms. The van der Waals surface area contributed by atoms with Crippen molar-refractivity contribution in [3.05, 3.63) is 36.4 Å². The third kappa shape index (κ3) is 6.49. The molecule has 0 atom stereocenters. The number of thioether (sulfide) groups is 1. The highest BCUT2D eigenvalue weighted by molar-refractivity contribution is 8.00. The summed E-state index contributed by atoms with van der Waals surface area (Å²) in [5.74, 6) is 1.92. The van der Waals surface area contributed by atoms with E-state index in [1.807, 2.05) is 0 Å². The number of carbonyl (C=O) groups excluding carboxylic acids is 2. The maximum Gasteiger partial charge on any atom is 0.234 e. The number of nitrogens with one attached hydrogen (secondary N) is 2. The molecule has 0 heterocycles. The largest absolute Gasteiger partial charge is 0.497 e. The Morgan fingerprint density at radius 1 is 0.724 bits per heavy atom. The molecule has 8 nitrogen and oxygen atoms in total. The van der Waals surface area contributed by atoms with Crippen molar-refractivity contribution in [2.24, 2.45) is 0 Å². The molecule has 0 saturated heterocycles. The first kappa shape index (κ1) is 22.2. The van der Waals surface area contributed by atoms with Crippen molar-refractivity contribution in [3.8, 4) is 23.0 Å². The quantitative estimate of drug-likeness (QED) is 0.610. The Bertz CT molecular complexity index is 789. The lowest BCUT2D eigenvalue weighted by Crippen LogP contribution is -2.19. The normalized spacial score (nSPS) is 10.1. The predicted octanol–water partition coefficient (Wildman–Crippen LogP) is 3.03. The van der Waals surface area contributed by atoms with Crippen LogP contribution in [0.2, 0.25) is 0 Å². The molecule has 0 saturated carbocycles. The summed E-state index contributed by atoms with van der Waals surface area (Å²) in [6.45, 7) is 0. The number of benzene rings is 2. The third-order valence-electron chi connectivity index (χ3n) is 3.83. The van der Waals surface area contributed by atoms with E-state index in [0.717, 1.165) is 0 Å². The number of hydrogen-bond acceptors (Lipinski definition) is 7. The second kappa shape index (κ2) is 11.1. The second-order valence-corrected chi connectivity index (χ2v) is 6.71. The summed E-state index contributed by atoms with van der Waals surface area (Å²) in [5.41, 5.74) is 1.01. The number of rotatable bonds is 10. The minimum Gasteiger partial charge on any atom is -0.497 e. The van der Waals surface area contributed by atoms with Crippen molar-refractivity contribution < 1.29 is 28.5 Å². The van der Waals surface area contributed by atoms with Gasteiger partial charge in [-0.25, -0.2) is 0 Å². The smallest absolute Gasteiger partial charge is 0.234 e. The molecule has 0 aliphatic carbocycles. The van der Waals surface area contributed by atoms with Crippen LogP contribution in [0.4, 0.5) is 11.4 Å². The van der Waals surface area contributed by atoms with Crippen molar-refractivity contribution in [1.82, 2.24) is 0 Å². The van der Waals surface area contributed by atoms with E-state index in [0.29, 0.717) is 34.4 Å². The topological polar surface area (TPSA) is 95.1 Å². The van der Waals surface area contributed by atoms with E-state index >= 15 is 0 Å². The Hall–Kier alpha value is -3.07. The van der Waals surface area contributed by atoms with Gasteiger partial charge in [-0.2, -0.15) is 0 Å². The van der Waals surface area contributed by atoms with E-state index < -0.39 is 0 Å². The highest BCUT2D eigenvalue weighted by Crippen LogP contribution is 2.30. The Morgan fingerprint density at radius 3 is 1.48 bits per heavy atom. The molecule has 0 radical (unpaired) electrons. The van der Waals surface area contributed by atoms with Gasteiger partial charge in [0.25, 0.3) is 0 Å². The molecule has 156 valence electrons. The minimum atomic E-state index is -0.256. The van der Waals surface area contributed by atoms with Crippen LogP contribution < -0.4 is 29.6 Å². The van der Waals surface area contributed by atoms with Crippen molar-refractivity contribution in [2.45, 2.75) is 0 Å². The Balaban J connectivity index is 1.87. The zero-order valence-electron chi connectivity index (χ0n) is 16.7. The molecule has 2 amide bonds. The molecular formula is C20H24N2O6S. The van der Waals surface area contributed by atoms with Gasteiger partial charge in [-0.15, -0.1) is 11.8 Å². The molecule has 0 unspecified atom stereocenters.